The van der Waals surface area contributed by atoms with Crippen molar-refractivity contribution in [3.63, 3.8) is 0 Å². The first-order valence-corrected chi connectivity index (χ1v) is 6.87. The Kier molecular flexibility index (Phi) is 4.34. The number of aryl methyl sites for hydroxylation is 1. The summed E-state index contributed by atoms with van der Waals surface area (Å²) < 4.78 is 4.89. The molecule has 1 atom stereocenters. The highest BCUT2D eigenvalue weighted by Crippen LogP contribution is 2.22. The van der Waals surface area contributed by atoms with Crippen molar-refractivity contribution < 1.29 is 9.32 Å². The molecule has 0 aromatic carbocycles. The van der Waals surface area contributed by atoms with Crippen molar-refractivity contribution in [2.75, 3.05) is 20.6 Å². The summed E-state index contributed by atoms with van der Waals surface area (Å²) in [5.41, 5.74) is 0.321. The van der Waals surface area contributed by atoms with E-state index < -0.39 is 0 Å². The van der Waals surface area contributed by atoms with Crippen molar-refractivity contribution in [1.82, 2.24) is 15.4 Å². The summed E-state index contributed by atoms with van der Waals surface area (Å²) >= 11 is 1.68. The Morgan fingerprint density at radius 1 is 1.58 bits per heavy atom. The quantitative estimate of drug-likeness (QED) is 0.910. The number of hydrogen-bond acceptors (Lipinski definition) is 5. The van der Waals surface area contributed by atoms with Crippen LogP contribution in [0.15, 0.2) is 28.1 Å². The summed E-state index contributed by atoms with van der Waals surface area (Å²) in [6.07, 6.45) is 0. The van der Waals surface area contributed by atoms with Gasteiger partial charge in [-0.3, -0.25) is 4.79 Å². The average molecular weight is 279 g/mol. The lowest BCUT2D eigenvalue weighted by Gasteiger charge is -2.23. The smallest absolute Gasteiger partial charge is 0.273 e. The van der Waals surface area contributed by atoms with Gasteiger partial charge in [-0.05, 0) is 32.5 Å². The average Bonchev–Trinajstić information content (AvgIpc) is 3.00. The van der Waals surface area contributed by atoms with Crippen LogP contribution in [0.2, 0.25) is 0 Å². The Balaban J connectivity index is 1.98. The van der Waals surface area contributed by atoms with Gasteiger partial charge in [0.15, 0.2) is 5.69 Å². The van der Waals surface area contributed by atoms with E-state index in [1.807, 2.05) is 25.5 Å². The molecule has 0 saturated carbocycles. The van der Waals surface area contributed by atoms with Crippen molar-refractivity contribution in [3.05, 3.63) is 39.9 Å². The number of hydrogen-bond donors (Lipinski definition) is 1. The molecule has 0 aliphatic carbocycles. The monoisotopic (exact) mass is 279 g/mol. The molecule has 0 radical (unpaired) electrons. The van der Waals surface area contributed by atoms with E-state index in [2.05, 4.69) is 21.4 Å². The summed E-state index contributed by atoms with van der Waals surface area (Å²) in [6, 6.07) is 5.88. The van der Waals surface area contributed by atoms with Gasteiger partial charge in [-0.15, -0.1) is 11.3 Å². The fourth-order valence-corrected chi connectivity index (χ4v) is 2.69. The normalized spacial score (nSPS) is 12.6. The van der Waals surface area contributed by atoms with Crippen LogP contribution < -0.4 is 5.32 Å². The largest absolute Gasteiger partial charge is 0.361 e. The lowest BCUT2D eigenvalue weighted by molar-refractivity contribution is 0.0933. The lowest BCUT2D eigenvalue weighted by atomic mass is 10.2. The Bertz CT molecular complexity index is 534. The zero-order chi connectivity index (χ0) is 13.8. The van der Waals surface area contributed by atoms with Crippen LogP contribution in [-0.2, 0) is 0 Å². The molecule has 0 aliphatic heterocycles. The maximum Gasteiger partial charge on any atom is 0.273 e. The molecular formula is C13H17N3O2S. The maximum absolute atomic E-state index is 11.9. The molecule has 2 rings (SSSR count). The number of aromatic nitrogens is 1. The lowest BCUT2D eigenvalue weighted by Crippen LogP contribution is -2.34. The molecule has 1 N–H and O–H groups in total. The molecule has 0 aliphatic rings. The zero-order valence-electron chi connectivity index (χ0n) is 11.2. The van der Waals surface area contributed by atoms with Crippen LogP contribution in [0.25, 0.3) is 0 Å². The molecule has 2 heterocycles. The van der Waals surface area contributed by atoms with Crippen molar-refractivity contribution in [2.45, 2.75) is 13.0 Å². The van der Waals surface area contributed by atoms with Gasteiger partial charge in [0.05, 0.1) is 6.04 Å². The SMILES string of the molecule is Cc1cc(C(=O)NC[C@H](c2cccs2)N(C)C)no1. The van der Waals surface area contributed by atoms with E-state index in [0.29, 0.717) is 18.0 Å². The van der Waals surface area contributed by atoms with Crippen molar-refractivity contribution >= 4 is 17.2 Å². The molecule has 0 bridgehead atoms. The molecule has 2 aromatic rings. The molecule has 0 unspecified atom stereocenters. The van der Waals surface area contributed by atoms with E-state index >= 15 is 0 Å². The van der Waals surface area contributed by atoms with Crippen molar-refractivity contribution in [1.29, 1.82) is 0 Å². The predicted octanol–water partition coefficient (Wildman–Crippen LogP) is 2.08. The standard InChI is InChI=1S/C13H17N3O2S/c1-9-7-10(15-18-9)13(17)14-8-11(16(2)3)12-5-4-6-19-12/h4-7,11H,8H2,1-3H3,(H,14,17)/t11-/m1/s1. The Labute approximate surface area is 116 Å². The summed E-state index contributed by atoms with van der Waals surface area (Å²) in [5, 5.41) is 8.63. The van der Waals surface area contributed by atoms with Gasteiger partial charge in [0.1, 0.15) is 5.76 Å². The summed E-state index contributed by atoms with van der Waals surface area (Å²) in [4.78, 5) is 15.2. The minimum absolute atomic E-state index is 0.164. The van der Waals surface area contributed by atoms with Crippen molar-refractivity contribution in [2.24, 2.45) is 0 Å². The Hall–Kier alpha value is -1.66. The van der Waals surface area contributed by atoms with Gasteiger partial charge in [-0.2, -0.15) is 0 Å². The third-order valence-corrected chi connectivity index (χ3v) is 3.79. The van der Waals surface area contributed by atoms with E-state index in [4.69, 9.17) is 4.52 Å². The molecule has 102 valence electrons. The molecule has 6 heteroatoms. The van der Waals surface area contributed by atoms with Gasteiger partial charge in [0.2, 0.25) is 0 Å². The fourth-order valence-electron chi connectivity index (χ4n) is 1.77. The minimum Gasteiger partial charge on any atom is -0.361 e. The van der Waals surface area contributed by atoms with E-state index in [1.165, 1.54) is 4.88 Å². The van der Waals surface area contributed by atoms with Crippen LogP contribution in [0.4, 0.5) is 0 Å². The van der Waals surface area contributed by atoms with Crippen LogP contribution in [-0.4, -0.2) is 36.6 Å². The van der Waals surface area contributed by atoms with Crippen LogP contribution in [0.5, 0.6) is 0 Å². The molecule has 0 saturated heterocycles. The van der Waals surface area contributed by atoms with Crippen LogP contribution in [0, 0.1) is 6.92 Å². The molecule has 0 fully saturated rings. The highest BCUT2D eigenvalue weighted by atomic mass is 32.1. The minimum atomic E-state index is -0.208. The Morgan fingerprint density at radius 3 is 2.89 bits per heavy atom. The molecule has 0 spiro atoms. The van der Waals surface area contributed by atoms with Crippen LogP contribution >= 0.6 is 11.3 Å². The molecular weight excluding hydrogens is 262 g/mol. The van der Waals surface area contributed by atoms with Gasteiger partial charge in [-0.25, -0.2) is 0 Å². The van der Waals surface area contributed by atoms with E-state index in [9.17, 15) is 4.79 Å². The third kappa shape index (κ3) is 3.42. The highest BCUT2D eigenvalue weighted by Gasteiger charge is 2.18. The van der Waals surface area contributed by atoms with Gasteiger partial charge in [0.25, 0.3) is 5.91 Å². The summed E-state index contributed by atoms with van der Waals surface area (Å²) in [7, 11) is 3.99. The van der Waals surface area contributed by atoms with Crippen LogP contribution in [0.1, 0.15) is 27.2 Å². The Morgan fingerprint density at radius 2 is 2.37 bits per heavy atom. The number of likely N-dealkylation sites (N-methyl/N-ethyl adjacent to an activating group) is 1. The van der Waals surface area contributed by atoms with Gasteiger partial charge < -0.3 is 14.7 Å². The second-order valence-corrected chi connectivity index (χ2v) is 5.51. The number of nitrogens with one attached hydrogen (secondary N) is 1. The summed E-state index contributed by atoms with van der Waals surface area (Å²) in [5.74, 6) is 0.424. The number of nitrogens with zero attached hydrogens (tertiary/aromatic N) is 2. The first-order chi connectivity index (χ1) is 9.08. The van der Waals surface area contributed by atoms with Gasteiger partial charge in [0, 0.05) is 17.5 Å². The number of thiophene rings is 1. The maximum atomic E-state index is 11.9. The van der Waals surface area contributed by atoms with E-state index in [-0.39, 0.29) is 11.9 Å². The predicted molar refractivity (Wildman–Crippen MR) is 74.3 cm³/mol. The number of carbonyl (C=O) groups excluding carboxylic acids is 1. The third-order valence-electron chi connectivity index (χ3n) is 2.81. The fraction of sp³-hybridized carbons (Fsp3) is 0.385. The molecule has 5 nitrogen and oxygen atoms in total. The first kappa shape index (κ1) is 13.8. The molecule has 1 amide bonds. The molecule has 19 heavy (non-hydrogen) atoms. The number of rotatable bonds is 5. The van der Waals surface area contributed by atoms with E-state index in [0.717, 1.165) is 0 Å². The molecule has 2 aromatic heterocycles. The number of amides is 1. The number of carbonyl (C=O) groups is 1. The van der Waals surface area contributed by atoms with E-state index in [1.54, 1.807) is 24.3 Å². The van der Waals surface area contributed by atoms with Crippen molar-refractivity contribution in [3.8, 4) is 0 Å². The highest BCUT2D eigenvalue weighted by molar-refractivity contribution is 7.10. The van der Waals surface area contributed by atoms with Gasteiger partial charge in [-0.1, -0.05) is 11.2 Å². The zero-order valence-corrected chi connectivity index (χ0v) is 12.0. The first-order valence-electron chi connectivity index (χ1n) is 5.99. The van der Waals surface area contributed by atoms with Crippen LogP contribution in [0.3, 0.4) is 0 Å². The van der Waals surface area contributed by atoms with Gasteiger partial charge >= 0.3 is 0 Å². The second-order valence-electron chi connectivity index (χ2n) is 4.53. The summed E-state index contributed by atoms with van der Waals surface area (Å²) in [6.45, 7) is 2.30. The topological polar surface area (TPSA) is 58.4 Å². The second kappa shape index (κ2) is 5.99.